The van der Waals surface area contributed by atoms with E-state index < -0.39 is 0 Å². The van der Waals surface area contributed by atoms with Crippen LogP contribution in [0, 0.1) is 0 Å². The highest BCUT2D eigenvalue weighted by Crippen LogP contribution is 2.24. The Bertz CT molecular complexity index is 1200. The molecule has 6 heteroatoms. The third kappa shape index (κ3) is 4.67. The van der Waals surface area contributed by atoms with Crippen LogP contribution >= 0.6 is 15.9 Å². The summed E-state index contributed by atoms with van der Waals surface area (Å²) in [6.07, 6.45) is 4.49. The maximum atomic E-state index is 12.5. The van der Waals surface area contributed by atoms with Crippen molar-refractivity contribution in [2.24, 2.45) is 0 Å². The van der Waals surface area contributed by atoms with Crippen LogP contribution in [0.5, 0.6) is 0 Å². The lowest BCUT2D eigenvalue weighted by Crippen LogP contribution is -2.11. The van der Waals surface area contributed by atoms with Crippen LogP contribution in [0.4, 0.5) is 5.69 Å². The van der Waals surface area contributed by atoms with Crippen LogP contribution in [0.2, 0.25) is 0 Å². The number of furan rings is 2. The standard InChI is InChI=1S/C24H16BrNO4/c25-18-8-6-16(7-9-18)22-13-11-20(30-22)10-12-21(27)17-3-1-4-19(15-17)26-24(28)23-5-2-14-29-23/h1-15H,(H,26,28)/b12-10+. The fourth-order valence-electron chi connectivity index (χ4n) is 2.82. The topological polar surface area (TPSA) is 72.5 Å². The molecule has 0 saturated carbocycles. The molecular formula is C24H16BrNO4. The molecule has 2 heterocycles. The van der Waals surface area contributed by atoms with Gasteiger partial charge in [0.2, 0.25) is 0 Å². The van der Waals surface area contributed by atoms with Crippen molar-refractivity contribution in [1.29, 1.82) is 0 Å². The van der Waals surface area contributed by atoms with Crippen molar-refractivity contribution in [1.82, 2.24) is 0 Å². The molecule has 1 amide bonds. The van der Waals surface area contributed by atoms with Crippen molar-refractivity contribution >= 4 is 39.4 Å². The van der Waals surface area contributed by atoms with Crippen LogP contribution in [0.1, 0.15) is 26.7 Å². The van der Waals surface area contributed by atoms with Crippen molar-refractivity contribution in [3.8, 4) is 11.3 Å². The number of nitrogens with one attached hydrogen (secondary N) is 1. The first kappa shape index (κ1) is 19.7. The van der Waals surface area contributed by atoms with Gasteiger partial charge in [0.15, 0.2) is 11.5 Å². The average Bonchev–Trinajstić information content (AvgIpc) is 3.45. The van der Waals surface area contributed by atoms with Crippen molar-refractivity contribution in [2.45, 2.75) is 0 Å². The number of carbonyl (C=O) groups excluding carboxylic acids is 2. The fraction of sp³-hybridized carbons (Fsp3) is 0. The first-order chi connectivity index (χ1) is 14.6. The summed E-state index contributed by atoms with van der Waals surface area (Å²) in [6.45, 7) is 0. The molecule has 2 aromatic carbocycles. The Hall–Kier alpha value is -3.64. The number of ketones is 1. The highest BCUT2D eigenvalue weighted by atomic mass is 79.9. The monoisotopic (exact) mass is 461 g/mol. The summed E-state index contributed by atoms with van der Waals surface area (Å²) < 4.78 is 11.9. The third-order valence-electron chi connectivity index (χ3n) is 4.30. The van der Waals surface area contributed by atoms with Gasteiger partial charge in [-0.05, 0) is 60.7 Å². The average molecular weight is 462 g/mol. The van der Waals surface area contributed by atoms with Gasteiger partial charge in [0.25, 0.3) is 5.91 Å². The quantitative estimate of drug-likeness (QED) is 0.264. The van der Waals surface area contributed by atoms with E-state index in [4.69, 9.17) is 8.83 Å². The van der Waals surface area contributed by atoms with E-state index >= 15 is 0 Å². The van der Waals surface area contributed by atoms with Gasteiger partial charge in [-0.25, -0.2) is 0 Å². The molecule has 1 N–H and O–H groups in total. The zero-order valence-electron chi connectivity index (χ0n) is 15.7. The van der Waals surface area contributed by atoms with Crippen molar-refractivity contribution in [2.75, 3.05) is 5.32 Å². The highest BCUT2D eigenvalue weighted by molar-refractivity contribution is 9.10. The molecule has 30 heavy (non-hydrogen) atoms. The van der Waals surface area contributed by atoms with Crippen LogP contribution < -0.4 is 5.32 Å². The normalized spacial score (nSPS) is 11.0. The molecule has 2 aromatic heterocycles. The Labute approximate surface area is 181 Å². The number of benzene rings is 2. The first-order valence-electron chi connectivity index (χ1n) is 9.11. The van der Waals surface area contributed by atoms with E-state index in [1.165, 1.54) is 12.3 Å². The molecule has 0 radical (unpaired) electrons. The maximum absolute atomic E-state index is 12.5. The van der Waals surface area contributed by atoms with E-state index in [1.807, 2.05) is 30.3 Å². The zero-order chi connectivity index (χ0) is 20.9. The molecule has 0 spiro atoms. The first-order valence-corrected chi connectivity index (χ1v) is 9.91. The smallest absolute Gasteiger partial charge is 0.291 e. The number of hydrogen-bond donors (Lipinski definition) is 1. The molecule has 0 aliphatic rings. The molecule has 0 saturated heterocycles. The second-order valence-electron chi connectivity index (χ2n) is 6.42. The van der Waals surface area contributed by atoms with Crippen LogP contribution in [0.3, 0.4) is 0 Å². The minimum absolute atomic E-state index is 0.200. The number of anilines is 1. The number of carbonyl (C=O) groups is 2. The molecule has 0 aliphatic carbocycles. The van der Waals surface area contributed by atoms with Crippen molar-refractivity contribution in [3.05, 3.63) is 107 Å². The largest absolute Gasteiger partial charge is 0.459 e. The van der Waals surface area contributed by atoms with Gasteiger partial charge in [-0.2, -0.15) is 0 Å². The SMILES string of the molecule is O=C(/C=C/c1ccc(-c2ccc(Br)cc2)o1)c1cccc(NC(=O)c2ccco2)c1. The van der Waals surface area contributed by atoms with Gasteiger partial charge >= 0.3 is 0 Å². The zero-order valence-corrected chi connectivity index (χ0v) is 17.3. The maximum Gasteiger partial charge on any atom is 0.291 e. The van der Waals surface area contributed by atoms with E-state index in [-0.39, 0.29) is 17.5 Å². The van der Waals surface area contributed by atoms with Gasteiger partial charge in [0, 0.05) is 21.3 Å². The van der Waals surface area contributed by atoms with Gasteiger partial charge in [-0.15, -0.1) is 0 Å². The summed E-state index contributed by atoms with van der Waals surface area (Å²) >= 11 is 3.41. The number of amides is 1. The lowest BCUT2D eigenvalue weighted by atomic mass is 10.1. The van der Waals surface area contributed by atoms with Gasteiger partial charge in [0.05, 0.1) is 6.26 Å². The molecule has 4 aromatic rings. The number of hydrogen-bond acceptors (Lipinski definition) is 4. The van der Waals surface area contributed by atoms with E-state index in [9.17, 15) is 9.59 Å². The molecule has 0 atom stereocenters. The Morgan fingerprint density at radius 3 is 2.53 bits per heavy atom. The Balaban J connectivity index is 1.44. The van der Waals surface area contributed by atoms with Crippen LogP contribution in [-0.4, -0.2) is 11.7 Å². The lowest BCUT2D eigenvalue weighted by molar-refractivity contribution is 0.0994. The van der Waals surface area contributed by atoms with Crippen LogP contribution in [0.15, 0.2) is 98.4 Å². The number of halogens is 1. The van der Waals surface area contributed by atoms with E-state index in [2.05, 4.69) is 21.2 Å². The van der Waals surface area contributed by atoms with Gasteiger partial charge < -0.3 is 14.2 Å². The summed E-state index contributed by atoms with van der Waals surface area (Å²) in [7, 11) is 0. The molecule has 4 rings (SSSR count). The van der Waals surface area contributed by atoms with E-state index in [0.717, 1.165) is 15.8 Å². The summed E-state index contributed by atoms with van der Waals surface area (Å²) in [5.41, 5.74) is 1.90. The van der Waals surface area contributed by atoms with Gasteiger partial charge in [0.1, 0.15) is 11.5 Å². The predicted molar refractivity (Wildman–Crippen MR) is 118 cm³/mol. The molecule has 148 valence electrons. The van der Waals surface area contributed by atoms with Gasteiger partial charge in [-0.1, -0.05) is 40.2 Å². The second-order valence-corrected chi connectivity index (χ2v) is 7.33. The van der Waals surface area contributed by atoms with E-state index in [1.54, 1.807) is 48.5 Å². The van der Waals surface area contributed by atoms with E-state index in [0.29, 0.717) is 17.0 Å². The Morgan fingerprint density at radius 1 is 0.933 bits per heavy atom. The summed E-state index contributed by atoms with van der Waals surface area (Å²) in [5.74, 6) is 0.911. The number of allylic oxidation sites excluding steroid dienone is 1. The molecular weight excluding hydrogens is 446 g/mol. The summed E-state index contributed by atoms with van der Waals surface area (Å²) in [4.78, 5) is 24.6. The fourth-order valence-corrected chi connectivity index (χ4v) is 3.08. The number of rotatable bonds is 6. The molecule has 0 unspecified atom stereocenters. The lowest BCUT2D eigenvalue weighted by Gasteiger charge is -2.04. The summed E-state index contributed by atoms with van der Waals surface area (Å²) in [5, 5.41) is 2.71. The van der Waals surface area contributed by atoms with Crippen molar-refractivity contribution < 1.29 is 18.4 Å². The molecule has 0 aliphatic heterocycles. The second kappa shape index (κ2) is 8.80. The molecule has 5 nitrogen and oxygen atoms in total. The predicted octanol–water partition coefficient (Wildman–Crippen LogP) is 6.45. The Morgan fingerprint density at radius 2 is 1.77 bits per heavy atom. The van der Waals surface area contributed by atoms with Crippen molar-refractivity contribution in [3.63, 3.8) is 0 Å². The minimum Gasteiger partial charge on any atom is -0.459 e. The van der Waals surface area contributed by atoms with Crippen LogP contribution in [-0.2, 0) is 0 Å². The minimum atomic E-state index is -0.379. The third-order valence-corrected chi connectivity index (χ3v) is 4.83. The van der Waals surface area contributed by atoms with Crippen LogP contribution in [0.25, 0.3) is 17.4 Å². The molecule has 0 fully saturated rings. The highest BCUT2D eigenvalue weighted by Gasteiger charge is 2.10. The summed E-state index contributed by atoms with van der Waals surface area (Å²) in [6, 6.07) is 21.4. The Kier molecular flexibility index (Phi) is 5.77. The molecule has 0 bridgehead atoms. The van der Waals surface area contributed by atoms with Gasteiger partial charge in [-0.3, -0.25) is 9.59 Å².